The number of aromatic nitrogens is 3. The molecule has 2 heterocycles. The minimum absolute atomic E-state index is 0. The normalized spacial score (nSPS) is 16.1. The van der Waals surface area contributed by atoms with Gasteiger partial charge in [0.05, 0.1) is 18.3 Å². The van der Waals surface area contributed by atoms with Crippen molar-refractivity contribution in [3.63, 3.8) is 0 Å². The van der Waals surface area contributed by atoms with Crippen LogP contribution in [0.1, 0.15) is 47.9 Å². The molecular formula is C16H20ClF2N5O. The molecule has 0 radical (unpaired) electrons. The third-order valence-corrected chi connectivity index (χ3v) is 4.21. The van der Waals surface area contributed by atoms with Crippen LogP contribution in [0, 0.1) is 11.6 Å². The first-order valence-electron chi connectivity index (χ1n) is 7.93. The lowest BCUT2D eigenvalue weighted by Crippen LogP contribution is -2.30. The van der Waals surface area contributed by atoms with Crippen LogP contribution in [0.4, 0.5) is 8.78 Å². The van der Waals surface area contributed by atoms with Crippen molar-refractivity contribution in [1.29, 1.82) is 0 Å². The molecule has 136 valence electrons. The molecular weight excluding hydrogens is 352 g/mol. The van der Waals surface area contributed by atoms with Crippen LogP contribution >= 0.6 is 12.4 Å². The average Bonchev–Trinajstić information content (AvgIpc) is 3.05. The number of nitrogens with one attached hydrogen (secondary N) is 2. The van der Waals surface area contributed by atoms with Crippen molar-refractivity contribution in [2.45, 2.75) is 31.8 Å². The third kappa shape index (κ3) is 4.32. The highest BCUT2D eigenvalue weighted by Crippen LogP contribution is 2.21. The average molecular weight is 372 g/mol. The highest BCUT2D eigenvalue weighted by atomic mass is 35.5. The monoisotopic (exact) mass is 371 g/mol. The summed E-state index contributed by atoms with van der Waals surface area (Å²) in [5, 5.41) is 13.7. The summed E-state index contributed by atoms with van der Waals surface area (Å²) in [6.45, 7) is 3.32. The van der Waals surface area contributed by atoms with Crippen LogP contribution in [0.15, 0.2) is 24.4 Å². The number of rotatable bonds is 4. The van der Waals surface area contributed by atoms with E-state index >= 15 is 0 Å². The molecule has 1 amide bonds. The molecule has 1 aromatic heterocycles. The fourth-order valence-corrected chi connectivity index (χ4v) is 2.90. The summed E-state index contributed by atoms with van der Waals surface area (Å²) in [6.07, 6.45) is 3.41. The smallest absolute Gasteiger partial charge is 0.273 e. The van der Waals surface area contributed by atoms with Crippen LogP contribution < -0.4 is 10.6 Å². The van der Waals surface area contributed by atoms with Crippen molar-refractivity contribution in [1.82, 2.24) is 25.6 Å². The molecule has 2 aromatic rings. The van der Waals surface area contributed by atoms with Crippen molar-refractivity contribution in [3.8, 4) is 0 Å². The Kier molecular flexibility index (Phi) is 6.44. The predicted molar refractivity (Wildman–Crippen MR) is 90.6 cm³/mol. The van der Waals surface area contributed by atoms with Crippen molar-refractivity contribution < 1.29 is 13.6 Å². The van der Waals surface area contributed by atoms with Crippen LogP contribution in [0.25, 0.3) is 0 Å². The van der Waals surface area contributed by atoms with Gasteiger partial charge in [-0.3, -0.25) is 4.79 Å². The summed E-state index contributed by atoms with van der Waals surface area (Å²) in [6, 6.07) is 3.00. The van der Waals surface area contributed by atoms with Gasteiger partial charge in [0, 0.05) is 5.56 Å². The van der Waals surface area contributed by atoms with E-state index in [1.807, 2.05) is 0 Å². The number of carbonyl (C=O) groups is 1. The molecule has 1 aliphatic rings. The number of carbonyl (C=O) groups excluding carboxylic acids is 1. The van der Waals surface area contributed by atoms with E-state index in [1.54, 1.807) is 10.9 Å². The van der Waals surface area contributed by atoms with E-state index in [0.717, 1.165) is 38.1 Å². The van der Waals surface area contributed by atoms with Crippen LogP contribution in [-0.4, -0.2) is 34.0 Å². The molecule has 0 bridgehead atoms. The molecule has 1 fully saturated rings. The predicted octanol–water partition coefficient (Wildman–Crippen LogP) is 2.39. The van der Waals surface area contributed by atoms with Crippen LogP contribution in [-0.2, 0) is 0 Å². The van der Waals surface area contributed by atoms with Gasteiger partial charge >= 0.3 is 0 Å². The Bertz CT molecular complexity index is 713. The number of benzene rings is 1. The molecule has 1 aliphatic heterocycles. The molecule has 0 aliphatic carbocycles. The first kappa shape index (κ1) is 19.3. The summed E-state index contributed by atoms with van der Waals surface area (Å²) in [7, 11) is 0. The zero-order valence-corrected chi connectivity index (χ0v) is 14.5. The third-order valence-electron chi connectivity index (χ3n) is 4.21. The quantitative estimate of drug-likeness (QED) is 0.865. The summed E-state index contributed by atoms with van der Waals surface area (Å²) < 4.78 is 29.2. The van der Waals surface area contributed by atoms with Crippen molar-refractivity contribution in [2.24, 2.45) is 0 Å². The summed E-state index contributed by atoms with van der Waals surface area (Å²) >= 11 is 0. The van der Waals surface area contributed by atoms with Crippen LogP contribution in [0.2, 0.25) is 0 Å². The summed E-state index contributed by atoms with van der Waals surface area (Å²) in [5.74, 6) is -1.90. The van der Waals surface area contributed by atoms with Crippen molar-refractivity contribution in [2.75, 3.05) is 13.1 Å². The van der Waals surface area contributed by atoms with Gasteiger partial charge in [0.25, 0.3) is 5.91 Å². The summed E-state index contributed by atoms with van der Waals surface area (Å²) in [4.78, 5) is 12.3. The number of hydrogen-bond donors (Lipinski definition) is 2. The maximum absolute atomic E-state index is 13.8. The second-order valence-corrected chi connectivity index (χ2v) is 5.90. The lowest BCUT2D eigenvalue weighted by atomic mass is 10.1. The molecule has 0 saturated carbocycles. The van der Waals surface area contributed by atoms with Gasteiger partial charge in [-0.05, 0) is 45.0 Å². The van der Waals surface area contributed by atoms with Gasteiger partial charge in [-0.25, -0.2) is 13.5 Å². The second kappa shape index (κ2) is 8.35. The van der Waals surface area contributed by atoms with Gasteiger partial charge in [-0.15, -0.1) is 17.5 Å². The van der Waals surface area contributed by atoms with Crippen LogP contribution in [0.3, 0.4) is 0 Å². The van der Waals surface area contributed by atoms with E-state index in [1.165, 1.54) is 13.0 Å². The summed E-state index contributed by atoms with van der Waals surface area (Å²) in [5.41, 5.74) is -0.0336. The molecule has 25 heavy (non-hydrogen) atoms. The SMILES string of the molecule is CC(NC(=O)c1cn(C2CCNCC2)nn1)c1c(F)cccc1F.Cl. The molecule has 1 aromatic carbocycles. The van der Waals surface area contributed by atoms with Gasteiger partial charge in [-0.1, -0.05) is 11.3 Å². The molecule has 0 spiro atoms. The highest BCUT2D eigenvalue weighted by molar-refractivity contribution is 5.92. The van der Waals surface area contributed by atoms with Gasteiger partial charge < -0.3 is 10.6 Å². The molecule has 1 saturated heterocycles. The molecule has 2 N–H and O–H groups in total. The highest BCUT2D eigenvalue weighted by Gasteiger charge is 2.22. The Morgan fingerprint density at radius 1 is 1.32 bits per heavy atom. The number of nitrogens with zero attached hydrogens (tertiary/aromatic N) is 3. The lowest BCUT2D eigenvalue weighted by molar-refractivity contribution is 0.0933. The minimum atomic E-state index is -0.817. The van der Waals surface area contributed by atoms with E-state index in [9.17, 15) is 13.6 Å². The molecule has 6 nitrogen and oxygen atoms in total. The van der Waals surface area contributed by atoms with E-state index in [4.69, 9.17) is 0 Å². The number of piperidine rings is 1. The van der Waals surface area contributed by atoms with Gasteiger partial charge in [0.15, 0.2) is 5.69 Å². The molecule has 1 unspecified atom stereocenters. The van der Waals surface area contributed by atoms with E-state index < -0.39 is 23.6 Å². The number of amides is 1. The van der Waals surface area contributed by atoms with Gasteiger partial charge in [0.2, 0.25) is 0 Å². The topological polar surface area (TPSA) is 71.8 Å². The van der Waals surface area contributed by atoms with Crippen molar-refractivity contribution >= 4 is 18.3 Å². The Morgan fingerprint density at radius 2 is 1.96 bits per heavy atom. The van der Waals surface area contributed by atoms with E-state index in [2.05, 4.69) is 20.9 Å². The Balaban J connectivity index is 0.00000225. The van der Waals surface area contributed by atoms with Gasteiger partial charge in [0.1, 0.15) is 11.6 Å². The number of halogens is 3. The maximum atomic E-state index is 13.8. The van der Waals surface area contributed by atoms with Crippen molar-refractivity contribution in [3.05, 3.63) is 47.3 Å². The fraction of sp³-hybridized carbons (Fsp3) is 0.438. The standard InChI is InChI=1S/C16H19F2N5O.ClH/c1-10(15-12(17)3-2-4-13(15)18)20-16(24)14-9-23(22-21-14)11-5-7-19-8-6-11;/h2-4,9-11,19H,5-8H2,1H3,(H,20,24);1H. The maximum Gasteiger partial charge on any atom is 0.273 e. The minimum Gasteiger partial charge on any atom is -0.344 e. The largest absolute Gasteiger partial charge is 0.344 e. The van der Waals surface area contributed by atoms with E-state index in [-0.39, 0.29) is 29.7 Å². The first-order valence-corrected chi connectivity index (χ1v) is 7.93. The zero-order valence-electron chi connectivity index (χ0n) is 13.7. The fourth-order valence-electron chi connectivity index (χ4n) is 2.90. The Hall–Kier alpha value is -2.06. The first-order chi connectivity index (χ1) is 11.6. The molecule has 9 heteroatoms. The number of hydrogen-bond acceptors (Lipinski definition) is 4. The second-order valence-electron chi connectivity index (χ2n) is 5.90. The van der Waals surface area contributed by atoms with Gasteiger partial charge in [-0.2, -0.15) is 0 Å². The Morgan fingerprint density at radius 3 is 2.60 bits per heavy atom. The molecule has 1 atom stereocenters. The van der Waals surface area contributed by atoms with Crippen LogP contribution in [0.5, 0.6) is 0 Å². The molecule has 3 rings (SSSR count). The Labute approximate surface area is 150 Å². The zero-order chi connectivity index (χ0) is 17.1. The van der Waals surface area contributed by atoms with E-state index in [0.29, 0.717) is 0 Å². The lowest BCUT2D eigenvalue weighted by Gasteiger charge is -2.22.